The number of nitrogens with zero attached hydrogens (tertiary/aromatic N) is 4. The first-order valence-corrected chi connectivity index (χ1v) is 9.31. The van der Waals surface area contributed by atoms with Crippen LogP contribution in [0.15, 0.2) is 47.6 Å². The maximum atomic E-state index is 11.4. The van der Waals surface area contributed by atoms with Crippen LogP contribution >= 0.6 is 12.2 Å². The molecule has 2 aromatic carbocycles. The highest BCUT2D eigenvalue weighted by atomic mass is 32.1. The first-order valence-electron chi connectivity index (χ1n) is 8.90. The van der Waals surface area contributed by atoms with E-state index in [2.05, 4.69) is 15.3 Å². The Morgan fingerprint density at radius 3 is 2.55 bits per heavy atom. The highest BCUT2D eigenvalue weighted by molar-refractivity contribution is 7.71. The number of hydrogen-bond acceptors (Lipinski definition) is 7. The van der Waals surface area contributed by atoms with Gasteiger partial charge in [0.1, 0.15) is 5.75 Å². The van der Waals surface area contributed by atoms with Crippen LogP contribution in [0.5, 0.6) is 11.5 Å². The smallest absolute Gasteiger partial charge is 0.311 e. The van der Waals surface area contributed by atoms with E-state index in [4.69, 9.17) is 21.7 Å². The summed E-state index contributed by atoms with van der Waals surface area (Å²) in [7, 11) is 0. The molecule has 150 valence electrons. The van der Waals surface area contributed by atoms with Gasteiger partial charge in [0.2, 0.25) is 10.5 Å². The molecule has 0 aliphatic rings. The molecule has 0 aliphatic heterocycles. The minimum Gasteiger partial charge on any atom is -0.493 e. The van der Waals surface area contributed by atoms with Gasteiger partial charge in [0.05, 0.1) is 24.4 Å². The quantitative estimate of drug-likeness (QED) is 0.257. The van der Waals surface area contributed by atoms with Crippen LogP contribution in [0.3, 0.4) is 0 Å². The Morgan fingerprint density at radius 1 is 1.21 bits per heavy atom. The van der Waals surface area contributed by atoms with E-state index in [0.717, 1.165) is 5.56 Å². The molecular formula is C19H19N5O4S. The van der Waals surface area contributed by atoms with Crippen LogP contribution in [0.4, 0.5) is 5.69 Å². The number of hydrogen-bond donors (Lipinski definition) is 1. The number of benzene rings is 2. The standard InChI is InChI=1S/C19H19N5O4S/c1-3-27-16-11-17(28-4-2)15(24(25)26)10-14(16)12-20-23-18(21-22-19(23)29)13-8-6-5-7-9-13/h5-12H,3-4H2,1-2H3,(H,22,29)/b20-12-. The second kappa shape index (κ2) is 9.11. The number of nitro groups is 1. The average Bonchev–Trinajstić information content (AvgIpc) is 3.08. The summed E-state index contributed by atoms with van der Waals surface area (Å²) in [4.78, 5) is 10.9. The van der Waals surface area contributed by atoms with Crippen LogP contribution < -0.4 is 9.47 Å². The van der Waals surface area contributed by atoms with Crippen molar-refractivity contribution in [1.29, 1.82) is 0 Å². The third kappa shape index (κ3) is 4.49. The zero-order valence-corrected chi connectivity index (χ0v) is 16.7. The van der Waals surface area contributed by atoms with Gasteiger partial charge >= 0.3 is 5.69 Å². The van der Waals surface area contributed by atoms with Crippen molar-refractivity contribution in [3.05, 3.63) is 62.9 Å². The number of ether oxygens (including phenoxy) is 2. The van der Waals surface area contributed by atoms with Crippen LogP contribution in [0.25, 0.3) is 11.4 Å². The summed E-state index contributed by atoms with van der Waals surface area (Å²) < 4.78 is 12.7. The van der Waals surface area contributed by atoms with Gasteiger partial charge in [-0.3, -0.25) is 10.1 Å². The van der Waals surface area contributed by atoms with Crippen molar-refractivity contribution in [2.75, 3.05) is 13.2 Å². The Labute approximate surface area is 171 Å². The largest absolute Gasteiger partial charge is 0.493 e. The minimum atomic E-state index is -0.503. The number of aromatic nitrogens is 3. The molecule has 1 aromatic heterocycles. The van der Waals surface area contributed by atoms with Crippen molar-refractivity contribution in [2.45, 2.75) is 13.8 Å². The molecule has 3 rings (SSSR count). The zero-order valence-electron chi connectivity index (χ0n) is 15.9. The molecule has 9 nitrogen and oxygen atoms in total. The molecule has 1 N–H and O–H groups in total. The molecule has 1 heterocycles. The summed E-state index contributed by atoms with van der Waals surface area (Å²) in [5.74, 6) is 1.08. The fourth-order valence-electron chi connectivity index (χ4n) is 2.65. The normalized spacial score (nSPS) is 11.0. The van der Waals surface area contributed by atoms with Crippen molar-refractivity contribution >= 4 is 24.1 Å². The van der Waals surface area contributed by atoms with Crippen LogP contribution in [-0.4, -0.2) is 39.2 Å². The highest BCUT2D eigenvalue weighted by Gasteiger charge is 2.20. The molecule has 29 heavy (non-hydrogen) atoms. The van der Waals surface area contributed by atoms with E-state index >= 15 is 0 Å². The monoisotopic (exact) mass is 413 g/mol. The second-order valence-electron chi connectivity index (χ2n) is 5.76. The second-order valence-corrected chi connectivity index (χ2v) is 6.14. The molecule has 0 fully saturated rings. The summed E-state index contributed by atoms with van der Waals surface area (Å²) in [6.07, 6.45) is 1.45. The lowest BCUT2D eigenvalue weighted by molar-refractivity contribution is -0.385. The van der Waals surface area contributed by atoms with Gasteiger partial charge in [-0.15, -0.1) is 0 Å². The van der Waals surface area contributed by atoms with Gasteiger partial charge in [-0.05, 0) is 26.1 Å². The van der Waals surface area contributed by atoms with E-state index < -0.39 is 4.92 Å². The van der Waals surface area contributed by atoms with E-state index in [0.29, 0.717) is 35.1 Å². The Hall–Kier alpha value is -3.53. The van der Waals surface area contributed by atoms with E-state index in [9.17, 15) is 10.1 Å². The first-order chi connectivity index (χ1) is 14.0. The molecule has 0 amide bonds. The van der Waals surface area contributed by atoms with Crippen molar-refractivity contribution in [3.8, 4) is 22.9 Å². The number of rotatable bonds is 8. The maximum Gasteiger partial charge on any atom is 0.311 e. The molecule has 0 radical (unpaired) electrons. The Bertz CT molecular complexity index is 1090. The van der Waals surface area contributed by atoms with Crippen LogP contribution in [-0.2, 0) is 0 Å². The van der Waals surface area contributed by atoms with Gasteiger partial charge in [-0.2, -0.15) is 14.9 Å². The van der Waals surface area contributed by atoms with Crippen LogP contribution in [0, 0.1) is 14.9 Å². The molecular weight excluding hydrogens is 394 g/mol. The van der Waals surface area contributed by atoms with Crippen molar-refractivity contribution < 1.29 is 14.4 Å². The predicted octanol–water partition coefficient (Wildman–Crippen LogP) is 4.20. The van der Waals surface area contributed by atoms with Gasteiger partial charge in [0.15, 0.2) is 5.82 Å². The lowest BCUT2D eigenvalue weighted by Gasteiger charge is -2.11. The maximum absolute atomic E-state index is 11.4. The fraction of sp³-hybridized carbons (Fsp3) is 0.211. The van der Waals surface area contributed by atoms with E-state index in [1.54, 1.807) is 6.92 Å². The topological polar surface area (TPSA) is 108 Å². The molecule has 0 atom stereocenters. The van der Waals surface area contributed by atoms with Crippen LogP contribution in [0.1, 0.15) is 19.4 Å². The van der Waals surface area contributed by atoms with Gasteiger partial charge < -0.3 is 9.47 Å². The van der Waals surface area contributed by atoms with E-state index in [-0.39, 0.29) is 11.4 Å². The third-order valence-electron chi connectivity index (χ3n) is 3.88. The molecule has 0 saturated carbocycles. The third-order valence-corrected chi connectivity index (χ3v) is 4.15. The summed E-state index contributed by atoms with van der Waals surface area (Å²) in [6, 6.07) is 12.3. The molecule has 0 saturated heterocycles. The predicted molar refractivity (Wildman–Crippen MR) is 111 cm³/mol. The van der Waals surface area contributed by atoms with Crippen molar-refractivity contribution in [3.63, 3.8) is 0 Å². The fourth-order valence-corrected chi connectivity index (χ4v) is 2.83. The van der Waals surface area contributed by atoms with Gasteiger partial charge in [-0.1, -0.05) is 30.3 Å². The Balaban J connectivity index is 2.07. The summed E-state index contributed by atoms with van der Waals surface area (Å²) in [5.41, 5.74) is 1.07. The van der Waals surface area contributed by atoms with Gasteiger partial charge in [0.25, 0.3) is 0 Å². The van der Waals surface area contributed by atoms with Gasteiger partial charge in [0, 0.05) is 23.3 Å². The van der Waals surface area contributed by atoms with Gasteiger partial charge in [-0.25, -0.2) is 5.10 Å². The lowest BCUT2D eigenvalue weighted by atomic mass is 10.1. The summed E-state index contributed by atoms with van der Waals surface area (Å²) in [5, 5.41) is 22.8. The van der Waals surface area contributed by atoms with E-state index in [1.807, 2.05) is 37.3 Å². The lowest BCUT2D eigenvalue weighted by Crippen LogP contribution is -2.03. The number of aromatic amines is 1. The Kier molecular flexibility index (Phi) is 6.35. The molecule has 0 spiro atoms. The van der Waals surface area contributed by atoms with E-state index in [1.165, 1.54) is 23.0 Å². The average molecular weight is 413 g/mol. The van der Waals surface area contributed by atoms with Crippen molar-refractivity contribution in [2.24, 2.45) is 5.10 Å². The molecule has 0 aliphatic carbocycles. The summed E-state index contributed by atoms with van der Waals surface area (Å²) in [6.45, 7) is 4.25. The molecule has 0 bridgehead atoms. The zero-order chi connectivity index (χ0) is 20.8. The SMILES string of the molecule is CCOc1cc(OCC)c([N+](=O)[O-])cc1/C=N\n1c(-c2ccccc2)n[nH]c1=S. The molecule has 0 unspecified atom stereocenters. The highest BCUT2D eigenvalue weighted by Crippen LogP contribution is 2.34. The number of nitrogens with one attached hydrogen (secondary N) is 1. The van der Waals surface area contributed by atoms with Crippen molar-refractivity contribution in [1.82, 2.24) is 14.9 Å². The van der Waals surface area contributed by atoms with Crippen LogP contribution in [0.2, 0.25) is 0 Å². The molecule has 3 aromatic rings. The molecule has 10 heteroatoms. The Morgan fingerprint density at radius 2 is 1.90 bits per heavy atom. The first kappa shape index (κ1) is 20.2. The summed E-state index contributed by atoms with van der Waals surface area (Å²) >= 11 is 5.27. The number of H-pyrrole nitrogens is 1. The minimum absolute atomic E-state index is 0.142. The number of nitro benzene ring substituents is 1.